The molecule has 0 saturated heterocycles. The number of hydrogen-bond donors (Lipinski definition) is 2. The molecular formula is C21H25IN4O3. The van der Waals surface area contributed by atoms with Gasteiger partial charge in [-0.15, -0.1) is 11.7 Å². The van der Waals surface area contributed by atoms with Crippen molar-refractivity contribution in [3.8, 4) is 0 Å². The van der Waals surface area contributed by atoms with E-state index in [0.29, 0.717) is 31.5 Å². The maximum atomic E-state index is 13.1. The van der Waals surface area contributed by atoms with Gasteiger partial charge >= 0.3 is 0 Å². The summed E-state index contributed by atoms with van der Waals surface area (Å²) in [6.07, 6.45) is 8.48. The van der Waals surface area contributed by atoms with Crippen molar-refractivity contribution < 1.29 is 15.0 Å². The summed E-state index contributed by atoms with van der Waals surface area (Å²) in [6.45, 7) is 6.61. The molecule has 2 N–H and O–H groups in total. The summed E-state index contributed by atoms with van der Waals surface area (Å²) in [5.41, 5.74) is 0.525. The van der Waals surface area contributed by atoms with Crippen molar-refractivity contribution in [2.75, 3.05) is 18.1 Å². The Morgan fingerprint density at radius 2 is 2.21 bits per heavy atom. The first-order chi connectivity index (χ1) is 13.9. The van der Waals surface area contributed by atoms with Crippen LogP contribution in [-0.2, 0) is 23.4 Å². The quantitative estimate of drug-likeness (QED) is 0.401. The fourth-order valence-corrected chi connectivity index (χ4v) is 4.04. The molecule has 0 unspecified atom stereocenters. The van der Waals surface area contributed by atoms with Crippen LogP contribution in [0, 0.1) is 9.49 Å². The summed E-state index contributed by atoms with van der Waals surface area (Å²) in [7, 11) is 0. The molecule has 1 aliphatic heterocycles. The molecule has 1 amide bonds. The highest BCUT2D eigenvalue weighted by Crippen LogP contribution is 2.45. The Bertz CT molecular complexity index is 926. The highest BCUT2D eigenvalue weighted by molar-refractivity contribution is 14.1. The Kier molecular flexibility index (Phi) is 6.86. The van der Waals surface area contributed by atoms with Crippen LogP contribution in [-0.4, -0.2) is 44.3 Å². The summed E-state index contributed by atoms with van der Waals surface area (Å²) in [5.74, 6) is -0.723. The Hall–Kier alpha value is -2.04. The molecule has 1 aliphatic rings. The number of anilines is 1. The molecule has 1 aromatic carbocycles. The van der Waals surface area contributed by atoms with E-state index in [-0.39, 0.29) is 12.5 Å². The van der Waals surface area contributed by atoms with Gasteiger partial charge in [0.25, 0.3) is 5.91 Å². The van der Waals surface area contributed by atoms with Crippen LogP contribution < -0.4 is 4.90 Å². The number of aryl methyl sites for hydroxylation is 1. The van der Waals surface area contributed by atoms with Gasteiger partial charge in [-0.25, -0.2) is 0 Å². The normalized spacial score (nSPS) is 19.7. The third-order valence-electron chi connectivity index (χ3n) is 5.11. The molecule has 0 aliphatic carbocycles. The average molecular weight is 508 g/mol. The minimum absolute atomic E-state index is 0.0476. The molecule has 2 heterocycles. The molecule has 154 valence electrons. The standard InChI is InChI=1S/C21H25IN4O3/c1-3-10-26-19-8-7-16(22)13-18(19)21(29,20(26)28)15(2)6-4-5-11-25-14-17(9-12-27)23-24-25/h3-4,6-8,13-15,27,29H,1,5,9-12H2,2H3/b6-4+/t15-,21+/m0/s1. The first kappa shape index (κ1) is 21.7. The molecule has 2 atom stereocenters. The second-order valence-electron chi connectivity index (χ2n) is 7.08. The molecule has 0 saturated carbocycles. The van der Waals surface area contributed by atoms with Gasteiger partial charge in [-0.3, -0.25) is 9.48 Å². The minimum atomic E-state index is -1.60. The summed E-state index contributed by atoms with van der Waals surface area (Å²) >= 11 is 2.19. The number of fused-ring (bicyclic) bond motifs is 1. The minimum Gasteiger partial charge on any atom is -0.396 e. The van der Waals surface area contributed by atoms with E-state index in [1.807, 2.05) is 43.5 Å². The van der Waals surface area contributed by atoms with Crippen molar-refractivity contribution >= 4 is 34.2 Å². The number of allylic oxidation sites excluding steroid dienone is 1. The van der Waals surface area contributed by atoms with Crippen molar-refractivity contribution in [2.24, 2.45) is 5.92 Å². The molecule has 0 radical (unpaired) electrons. The number of aromatic nitrogens is 3. The fraction of sp³-hybridized carbons (Fsp3) is 0.381. The number of nitrogens with zero attached hydrogens (tertiary/aromatic N) is 4. The zero-order valence-corrected chi connectivity index (χ0v) is 18.5. The maximum Gasteiger partial charge on any atom is 0.264 e. The van der Waals surface area contributed by atoms with E-state index in [9.17, 15) is 9.90 Å². The van der Waals surface area contributed by atoms with E-state index < -0.39 is 11.5 Å². The number of hydrogen-bond acceptors (Lipinski definition) is 5. The number of aliphatic hydroxyl groups is 2. The Morgan fingerprint density at radius 1 is 1.41 bits per heavy atom. The van der Waals surface area contributed by atoms with E-state index in [1.54, 1.807) is 15.7 Å². The summed E-state index contributed by atoms with van der Waals surface area (Å²) in [6, 6.07) is 5.68. The lowest BCUT2D eigenvalue weighted by Crippen LogP contribution is -2.44. The zero-order chi connectivity index (χ0) is 21.0. The van der Waals surface area contributed by atoms with Gasteiger partial charge in [0, 0.05) is 47.4 Å². The van der Waals surface area contributed by atoms with Crippen molar-refractivity contribution in [1.82, 2.24) is 15.0 Å². The number of carbonyl (C=O) groups excluding carboxylic acids is 1. The van der Waals surface area contributed by atoms with E-state index in [4.69, 9.17) is 5.11 Å². The zero-order valence-electron chi connectivity index (χ0n) is 16.3. The molecule has 8 heteroatoms. The second kappa shape index (κ2) is 9.19. The third-order valence-corrected chi connectivity index (χ3v) is 5.78. The van der Waals surface area contributed by atoms with Gasteiger partial charge in [-0.2, -0.15) is 0 Å². The van der Waals surface area contributed by atoms with Crippen molar-refractivity contribution in [3.63, 3.8) is 0 Å². The van der Waals surface area contributed by atoms with Gasteiger partial charge in [-0.05, 0) is 47.2 Å². The maximum absolute atomic E-state index is 13.1. The number of rotatable bonds is 9. The number of aliphatic hydroxyl groups excluding tert-OH is 1. The number of halogens is 1. The second-order valence-corrected chi connectivity index (χ2v) is 8.33. The Morgan fingerprint density at radius 3 is 2.93 bits per heavy atom. The smallest absolute Gasteiger partial charge is 0.264 e. The topological polar surface area (TPSA) is 91.5 Å². The molecule has 3 rings (SSSR count). The number of amides is 1. The van der Waals surface area contributed by atoms with Crippen LogP contribution in [0.1, 0.15) is 24.6 Å². The van der Waals surface area contributed by atoms with Crippen molar-refractivity contribution in [2.45, 2.75) is 31.9 Å². The van der Waals surface area contributed by atoms with Crippen LogP contribution in [0.5, 0.6) is 0 Å². The molecule has 1 aromatic heterocycles. The van der Waals surface area contributed by atoms with E-state index >= 15 is 0 Å². The van der Waals surface area contributed by atoms with Gasteiger partial charge in [0.05, 0.1) is 11.4 Å². The van der Waals surface area contributed by atoms with Crippen molar-refractivity contribution in [1.29, 1.82) is 0 Å². The molecule has 29 heavy (non-hydrogen) atoms. The van der Waals surface area contributed by atoms with Crippen LogP contribution in [0.15, 0.2) is 49.2 Å². The Balaban J connectivity index is 1.74. The predicted octanol–water partition coefficient (Wildman–Crippen LogP) is 2.42. The summed E-state index contributed by atoms with van der Waals surface area (Å²) < 4.78 is 2.69. The predicted molar refractivity (Wildman–Crippen MR) is 119 cm³/mol. The van der Waals surface area contributed by atoms with Crippen LogP contribution in [0.2, 0.25) is 0 Å². The van der Waals surface area contributed by atoms with Gasteiger partial charge < -0.3 is 15.1 Å². The van der Waals surface area contributed by atoms with Gasteiger partial charge in [-0.1, -0.05) is 30.4 Å². The van der Waals surface area contributed by atoms with Crippen LogP contribution in [0.3, 0.4) is 0 Å². The molecule has 7 nitrogen and oxygen atoms in total. The number of carbonyl (C=O) groups is 1. The van der Waals surface area contributed by atoms with Crippen molar-refractivity contribution in [3.05, 3.63) is 64.0 Å². The average Bonchev–Trinajstić information content (AvgIpc) is 3.23. The SMILES string of the molecule is C=CCN1C(=O)[C@@](O)([C@@H](C)/C=C/CCn2cc(CCO)nn2)c2cc(I)ccc21. The van der Waals surface area contributed by atoms with Gasteiger partial charge in [0.2, 0.25) is 0 Å². The molecule has 0 spiro atoms. The lowest BCUT2D eigenvalue weighted by molar-refractivity contribution is -0.139. The molecular weight excluding hydrogens is 483 g/mol. The van der Waals surface area contributed by atoms with E-state index in [0.717, 1.165) is 15.0 Å². The third kappa shape index (κ3) is 4.29. The lowest BCUT2D eigenvalue weighted by Gasteiger charge is -2.27. The van der Waals surface area contributed by atoms with E-state index in [2.05, 4.69) is 39.5 Å². The fourth-order valence-electron chi connectivity index (χ4n) is 3.55. The summed E-state index contributed by atoms with van der Waals surface area (Å²) in [4.78, 5) is 14.7. The monoisotopic (exact) mass is 508 g/mol. The van der Waals surface area contributed by atoms with Gasteiger partial charge in [0.15, 0.2) is 5.60 Å². The van der Waals surface area contributed by atoms with Crippen LogP contribution in [0.4, 0.5) is 5.69 Å². The lowest BCUT2D eigenvalue weighted by atomic mass is 9.83. The first-order valence-corrected chi connectivity index (χ1v) is 10.6. The summed E-state index contributed by atoms with van der Waals surface area (Å²) in [5, 5.41) is 28.4. The van der Waals surface area contributed by atoms with Gasteiger partial charge in [0.1, 0.15) is 0 Å². The van der Waals surface area contributed by atoms with E-state index in [1.165, 1.54) is 0 Å². The first-order valence-electron chi connectivity index (χ1n) is 9.53. The molecule has 0 bridgehead atoms. The largest absolute Gasteiger partial charge is 0.396 e. The van der Waals surface area contributed by atoms with Crippen LogP contribution >= 0.6 is 22.6 Å². The highest BCUT2D eigenvalue weighted by Gasteiger charge is 2.52. The molecule has 2 aromatic rings. The van der Waals surface area contributed by atoms with Crippen LogP contribution in [0.25, 0.3) is 0 Å². The highest BCUT2D eigenvalue weighted by atomic mass is 127. The number of benzene rings is 1. The Labute approximate surface area is 183 Å². The molecule has 0 fully saturated rings.